The summed E-state index contributed by atoms with van der Waals surface area (Å²) in [5.41, 5.74) is 2.37. The monoisotopic (exact) mass is 354 g/mol. The van der Waals surface area contributed by atoms with Crippen LogP contribution in [0.5, 0.6) is 5.75 Å². The number of aromatic nitrogens is 1. The Hall–Kier alpha value is -1.95. The summed E-state index contributed by atoms with van der Waals surface area (Å²) in [5, 5.41) is 0. The molecule has 0 spiro atoms. The van der Waals surface area contributed by atoms with E-state index < -0.39 is 0 Å². The van der Waals surface area contributed by atoms with Gasteiger partial charge < -0.3 is 14.2 Å². The van der Waals surface area contributed by atoms with Crippen LogP contribution in [0.25, 0.3) is 0 Å². The van der Waals surface area contributed by atoms with E-state index in [1.54, 1.807) is 7.11 Å². The molecule has 4 rings (SSSR count). The molecule has 0 aliphatic carbocycles. The molecule has 0 N–H and O–H groups in total. The van der Waals surface area contributed by atoms with Crippen molar-refractivity contribution >= 4 is 0 Å². The van der Waals surface area contributed by atoms with E-state index in [-0.39, 0.29) is 5.41 Å². The van der Waals surface area contributed by atoms with Gasteiger partial charge in [0, 0.05) is 37.2 Å². The van der Waals surface area contributed by atoms with E-state index in [1.807, 2.05) is 30.5 Å². The van der Waals surface area contributed by atoms with Crippen molar-refractivity contribution in [3.63, 3.8) is 0 Å². The minimum Gasteiger partial charge on any atom is -0.497 e. The summed E-state index contributed by atoms with van der Waals surface area (Å²) >= 11 is 0. The number of methoxy groups -OCH3 is 1. The lowest BCUT2D eigenvalue weighted by molar-refractivity contribution is 0.0171. The van der Waals surface area contributed by atoms with Crippen LogP contribution in [0.2, 0.25) is 0 Å². The molecule has 2 saturated heterocycles. The Bertz CT molecular complexity index is 724. The number of likely N-dealkylation sites (tertiary alicyclic amines) is 1. The molecule has 2 aromatic rings. The van der Waals surface area contributed by atoms with Crippen molar-refractivity contribution in [1.82, 2.24) is 9.88 Å². The summed E-state index contributed by atoms with van der Waals surface area (Å²) in [4.78, 5) is 6.85. The average Bonchev–Trinajstić information content (AvgIpc) is 3.19. The minimum atomic E-state index is 0.105. The average molecular weight is 354 g/mol. The number of ether oxygens (including phenoxy) is 3. The van der Waals surface area contributed by atoms with Gasteiger partial charge in [-0.1, -0.05) is 18.2 Å². The van der Waals surface area contributed by atoms with E-state index in [0.29, 0.717) is 12.5 Å². The number of fused-ring (bicyclic) bond motifs is 1. The van der Waals surface area contributed by atoms with Crippen molar-refractivity contribution in [2.45, 2.75) is 13.2 Å². The van der Waals surface area contributed by atoms with Gasteiger partial charge in [0.25, 0.3) is 0 Å². The van der Waals surface area contributed by atoms with Gasteiger partial charge in [0.2, 0.25) is 0 Å². The summed E-state index contributed by atoms with van der Waals surface area (Å²) < 4.78 is 17.2. The van der Waals surface area contributed by atoms with Crippen LogP contribution >= 0.6 is 0 Å². The predicted molar refractivity (Wildman–Crippen MR) is 98.9 cm³/mol. The predicted octanol–water partition coefficient (Wildman–Crippen LogP) is 2.76. The number of nitrogens with zero attached hydrogens (tertiary/aromatic N) is 2. The fourth-order valence-electron chi connectivity index (χ4n) is 4.14. The highest BCUT2D eigenvalue weighted by atomic mass is 16.5. The second kappa shape index (κ2) is 7.74. The summed E-state index contributed by atoms with van der Waals surface area (Å²) in [6, 6.07) is 14.3. The van der Waals surface area contributed by atoms with Gasteiger partial charge in [-0.2, -0.15) is 0 Å². The van der Waals surface area contributed by atoms with Gasteiger partial charge in [0.05, 0.1) is 39.2 Å². The highest BCUT2D eigenvalue weighted by molar-refractivity contribution is 5.28. The molecule has 2 aliphatic heterocycles. The molecule has 1 aromatic carbocycles. The lowest BCUT2D eigenvalue weighted by Crippen LogP contribution is -2.35. The fraction of sp³-hybridized carbons (Fsp3) is 0.476. The molecule has 0 radical (unpaired) electrons. The first-order chi connectivity index (χ1) is 12.8. The Balaban J connectivity index is 1.36. The van der Waals surface area contributed by atoms with Crippen LogP contribution in [-0.4, -0.2) is 49.9 Å². The van der Waals surface area contributed by atoms with Crippen LogP contribution in [0.15, 0.2) is 48.7 Å². The third kappa shape index (κ3) is 3.75. The summed E-state index contributed by atoms with van der Waals surface area (Å²) in [6.45, 7) is 5.92. The molecule has 0 unspecified atom stereocenters. The minimum absolute atomic E-state index is 0.105. The molecule has 0 amide bonds. The van der Waals surface area contributed by atoms with Crippen molar-refractivity contribution < 1.29 is 14.2 Å². The van der Waals surface area contributed by atoms with E-state index in [4.69, 9.17) is 14.2 Å². The van der Waals surface area contributed by atoms with E-state index in [2.05, 4.69) is 28.1 Å². The maximum atomic E-state index is 6.05. The van der Waals surface area contributed by atoms with Crippen LogP contribution < -0.4 is 4.74 Å². The van der Waals surface area contributed by atoms with Crippen molar-refractivity contribution in [2.24, 2.45) is 11.3 Å². The first-order valence-electron chi connectivity index (χ1n) is 9.18. The topological polar surface area (TPSA) is 43.8 Å². The molecule has 0 saturated carbocycles. The fourth-order valence-corrected chi connectivity index (χ4v) is 4.14. The second-order valence-electron chi connectivity index (χ2n) is 7.41. The Labute approximate surface area is 154 Å². The van der Waals surface area contributed by atoms with Crippen molar-refractivity contribution in [3.8, 4) is 5.75 Å². The molecule has 3 heterocycles. The number of hydrogen-bond donors (Lipinski definition) is 0. The lowest BCUT2D eigenvalue weighted by Gasteiger charge is -2.27. The van der Waals surface area contributed by atoms with Gasteiger partial charge in [-0.15, -0.1) is 0 Å². The first kappa shape index (κ1) is 17.5. The zero-order valence-corrected chi connectivity index (χ0v) is 15.3. The third-order valence-corrected chi connectivity index (χ3v) is 5.50. The SMILES string of the molecule is COc1cccc(CN2C[C@@H]3COC[C@]3(COCc3ccccn3)C2)c1. The normalized spacial score (nSPS) is 25.3. The van der Waals surface area contributed by atoms with Gasteiger partial charge in [0.1, 0.15) is 5.75 Å². The van der Waals surface area contributed by atoms with Gasteiger partial charge in [-0.3, -0.25) is 9.88 Å². The van der Waals surface area contributed by atoms with Gasteiger partial charge in [-0.05, 0) is 29.8 Å². The lowest BCUT2D eigenvalue weighted by atomic mass is 9.82. The van der Waals surface area contributed by atoms with Crippen LogP contribution in [0, 0.1) is 11.3 Å². The van der Waals surface area contributed by atoms with Crippen LogP contribution in [0.1, 0.15) is 11.3 Å². The number of pyridine rings is 1. The van der Waals surface area contributed by atoms with Crippen molar-refractivity contribution in [2.75, 3.05) is 40.0 Å². The Morgan fingerprint density at radius 1 is 1.27 bits per heavy atom. The number of hydrogen-bond acceptors (Lipinski definition) is 5. The van der Waals surface area contributed by atoms with Gasteiger partial charge >= 0.3 is 0 Å². The molecule has 2 atom stereocenters. The molecule has 5 nitrogen and oxygen atoms in total. The van der Waals surface area contributed by atoms with E-state index in [1.165, 1.54) is 5.56 Å². The van der Waals surface area contributed by atoms with E-state index in [9.17, 15) is 0 Å². The Morgan fingerprint density at radius 3 is 3.08 bits per heavy atom. The summed E-state index contributed by atoms with van der Waals surface area (Å²) in [5.74, 6) is 1.45. The highest BCUT2D eigenvalue weighted by Crippen LogP contribution is 2.42. The van der Waals surface area contributed by atoms with Crippen LogP contribution in [-0.2, 0) is 22.6 Å². The Kier molecular flexibility index (Phi) is 5.20. The zero-order chi connectivity index (χ0) is 17.8. The maximum Gasteiger partial charge on any atom is 0.119 e. The molecule has 0 bridgehead atoms. The van der Waals surface area contributed by atoms with Crippen molar-refractivity contribution in [3.05, 3.63) is 59.9 Å². The van der Waals surface area contributed by atoms with E-state index >= 15 is 0 Å². The van der Waals surface area contributed by atoms with E-state index in [0.717, 1.165) is 50.9 Å². The number of benzene rings is 1. The molecule has 2 aliphatic rings. The number of rotatable bonds is 7. The quantitative estimate of drug-likeness (QED) is 0.765. The summed E-state index contributed by atoms with van der Waals surface area (Å²) in [7, 11) is 1.71. The zero-order valence-electron chi connectivity index (χ0n) is 15.3. The van der Waals surface area contributed by atoms with Crippen LogP contribution in [0.4, 0.5) is 0 Å². The van der Waals surface area contributed by atoms with Gasteiger partial charge in [-0.25, -0.2) is 0 Å². The van der Waals surface area contributed by atoms with Gasteiger partial charge in [0.15, 0.2) is 0 Å². The highest BCUT2D eigenvalue weighted by Gasteiger charge is 2.50. The van der Waals surface area contributed by atoms with Crippen molar-refractivity contribution in [1.29, 1.82) is 0 Å². The largest absolute Gasteiger partial charge is 0.497 e. The molecular weight excluding hydrogens is 328 g/mol. The molecule has 2 fully saturated rings. The maximum absolute atomic E-state index is 6.05. The Morgan fingerprint density at radius 2 is 2.23 bits per heavy atom. The summed E-state index contributed by atoms with van der Waals surface area (Å²) in [6.07, 6.45) is 1.81. The first-order valence-corrected chi connectivity index (χ1v) is 9.18. The molecule has 5 heteroatoms. The molecule has 1 aromatic heterocycles. The molecule has 26 heavy (non-hydrogen) atoms. The molecular formula is C21H26N2O3. The van der Waals surface area contributed by atoms with Crippen LogP contribution in [0.3, 0.4) is 0 Å². The molecule has 138 valence electrons. The third-order valence-electron chi connectivity index (χ3n) is 5.50. The smallest absolute Gasteiger partial charge is 0.119 e. The second-order valence-corrected chi connectivity index (χ2v) is 7.41. The standard InChI is InChI=1S/C21H26N2O3/c1-24-20-7-4-5-17(9-20)10-23-11-18-12-25-15-21(18,14-23)16-26-13-19-6-2-3-8-22-19/h2-9,18H,10-16H2,1H3/t18-,21+/m1/s1.